The van der Waals surface area contributed by atoms with Crippen LogP contribution in [-0.2, 0) is 0 Å². The fraction of sp³-hybridized carbons (Fsp3) is 0. The predicted molar refractivity (Wildman–Crippen MR) is 112 cm³/mol. The highest BCUT2D eigenvalue weighted by molar-refractivity contribution is 7.13. The van der Waals surface area contributed by atoms with Gasteiger partial charge in [-0.1, -0.05) is 48.5 Å². The molecule has 0 aliphatic rings. The lowest BCUT2D eigenvalue weighted by molar-refractivity contribution is 0.102. The number of nitrogens with one attached hydrogen (secondary N) is 1. The Morgan fingerprint density at radius 3 is 2.33 bits per heavy atom. The number of nitrogen functional groups attached to an aromatic ring is 1. The van der Waals surface area contributed by atoms with E-state index in [1.54, 1.807) is 29.5 Å². The van der Waals surface area contributed by atoms with E-state index < -0.39 is 0 Å². The van der Waals surface area contributed by atoms with Crippen molar-refractivity contribution < 1.29 is 4.79 Å². The first-order chi connectivity index (χ1) is 13.2. The highest BCUT2D eigenvalue weighted by atomic mass is 32.1. The lowest BCUT2D eigenvalue weighted by Crippen LogP contribution is -2.13. The van der Waals surface area contributed by atoms with Gasteiger partial charge in [0.25, 0.3) is 5.91 Å². The molecule has 4 aromatic rings. The van der Waals surface area contributed by atoms with Gasteiger partial charge in [0.05, 0.1) is 17.1 Å². The molecule has 0 radical (unpaired) electrons. The van der Waals surface area contributed by atoms with Gasteiger partial charge in [0.2, 0.25) is 0 Å². The molecule has 4 nitrogen and oxygen atoms in total. The van der Waals surface area contributed by atoms with Gasteiger partial charge in [-0.05, 0) is 30.3 Å². The molecule has 5 heteroatoms. The number of amides is 1. The fourth-order valence-electron chi connectivity index (χ4n) is 2.73. The summed E-state index contributed by atoms with van der Waals surface area (Å²) in [7, 11) is 0. The second-order valence-electron chi connectivity index (χ2n) is 6.03. The Morgan fingerprint density at radius 2 is 1.59 bits per heavy atom. The van der Waals surface area contributed by atoms with E-state index in [2.05, 4.69) is 5.32 Å². The summed E-state index contributed by atoms with van der Waals surface area (Å²) in [4.78, 5) is 17.1. The van der Waals surface area contributed by atoms with Crippen molar-refractivity contribution in [1.29, 1.82) is 0 Å². The molecule has 1 heterocycles. The minimum Gasteiger partial charge on any atom is -0.397 e. The summed E-state index contributed by atoms with van der Waals surface area (Å²) in [5.74, 6) is -0.191. The number of nitrogens with zero attached hydrogens (tertiary/aromatic N) is 1. The van der Waals surface area contributed by atoms with Crippen molar-refractivity contribution in [3.05, 3.63) is 89.8 Å². The first kappa shape index (κ1) is 17.0. The molecule has 0 saturated heterocycles. The molecule has 3 N–H and O–H groups in total. The van der Waals surface area contributed by atoms with E-state index in [0.717, 1.165) is 21.8 Å². The zero-order valence-corrected chi connectivity index (χ0v) is 15.2. The van der Waals surface area contributed by atoms with Crippen LogP contribution < -0.4 is 11.1 Å². The van der Waals surface area contributed by atoms with E-state index in [1.165, 1.54) is 0 Å². The van der Waals surface area contributed by atoms with E-state index in [1.807, 2.05) is 66.0 Å². The number of anilines is 2. The van der Waals surface area contributed by atoms with Crippen molar-refractivity contribution in [2.75, 3.05) is 11.1 Å². The van der Waals surface area contributed by atoms with Crippen LogP contribution in [0.25, 0.3) is 21.8 Å². The molecule has 0 fully saturated rings. The number of benzene rings is 3. The van der Waals surface area contributed by atoms with E-state index in [-0.39, 0.29) is 5.91 Å². The smallest absolute Gasteiger partial charge is 0.255 e. The predicted octanol–water partition coefficient (Wildman–Crippen LogP) is 5.31. The van der Waals surface area contributed by atoms with Crippen molar-refractivity contribution in [1.82, 2.24) is 4.98 Å². The van der Waals surface area contributed by atoms with Gasteiger partial charge in [0.15, 0.2) is 0 Å². The molecule has 0 aliphatic carbocycles. The summed E-state index contributed by atoms with van der Waals surface area (Å²) in [6, 6.07) is 24.7. The molecule has 1 aromatic heterocycles. The summed E-state index contributed by atoms with van der Waals surface area (Å²) in [6.07, 6.45) is 0. The van der Waals surface area contributed by atoms with Gasteiger partial charge in [0.1, 0.15) is 5.01 Å². The van der Waals surface area contributed by atoms with Crippen LogP contribution in [0.1, 0.15) is 10.4 Å². The topological polar surface area (TPSA) is 68.0 Å². The molecule has 4 rings (SSSR count). The van der Waals surface area contributed by atoms with E-state index in [4.69, 9.17) is 10.7 Å². The average Bonchev–Trinajstić information content (AvgIpc) is 3.21. The van der Waals surface area contributed by atoms with E-state index in [0.29, 0.717) is 16.9 Å². The quantitative estimate of drug-likeness (QED) is 0.478. The molecule has 0 aliphatic heterocycles. The number of carbonyl (C=O) groups excluding carboxylic acids is 1. The number of hydrogen-bond donors (Lipinski definition) is 2. The molecule has 0 spiro atoms. The SMILES string of the molecule is Nc1ccc(-c2nc(-c3ccccc3)cs2)cc1NC(=O)c1ccccc1. The Bertz CT molecular complexity index is 1080. The molecular formula is C22H17N3OS. The zero-order valence-electron chi connectivity index (χ0n) is 14.4. The van der Waals surface area contributed by atoms with Crippen LogP contribution in [0.15, 0.2) is 84.2 Å². The molecule has 3 aromatic carbocycles. The lowest BCUT2D eigenvalue weighted by Gasteiger charge is -2.09. The molecule has 0 unspecified atom stereocenters. The second kappa shape index (κ2) is 7.43. The minimum atomic E-state index is -0.191. The Morgan fingerprint density at radius 1 is 0.889 bits per heavy atom. The van der Waals surface area contributed by atoms with E-state index >= 15 is 0 Å². The van der Waals surface area contributed by atoms with Crippen molar-refractivity contribution in [2.45, 2.75) is 0 Å². The van der Waals surface area contributed by atoms with Crippen LogP contribution in [-0.4, -0.2) is 10.9 Å². The zero-order chi connectivity index (χ0) is 18.6. The first-order valence-corrected chi connectivity index (χ1v) is 9.36. The molecule has 0 atom stereocenters. The molecule has 27 heavy (non-hydrogen) atoms. The van der Waals surface area contributed by atoms with Crippen LogP contribution >= 0.6 is 11.3 Å². The van der Waals surface area contributed by atoms with Crippen molar-refractivity contribution in [2.24, 2.45) is 0 Å². The maximum Gasteiger partial charge on any atom is 0.255 e. The third-order valence-corrected chi connectivity index (χ3v) is 5.05. The van der Waals surface area contributed by atoms with Gasteiger partial charge in [-0.3, -0.25) is 4.79 Å². The summed E-state index contributed by atoms with van der Waals surface area (Å²) >= 11 is 1.56. The number of hydrogen-bond acceptors (Lipinski definition) is 4. The van der Waals surface area contributed by atoms with Crippen LogP contribution in [0.3, 0.4) is 0 Å². The Kier molecular flexibility index (Phi) is 4.68. The summed E-state index contributed by atoms with van der Waals surface area (Å²) < 4.78 is 0. The summed E-state index contributed by atoms with van der Waals surface area (Å²) in [5, 5.41) is 5.80. The van der Waals surface area contributed by atoms with Gasteiger partial charge in [-0.2, -0.15) is 0 Å². The normalized spacial score (nSPS) is 10.5. The largest absolute Gasteiger partial charge is 0.397 e. The van der Waals surface area contributed by atoms with Crippen LogP contribution in [0.4, 0.5) is 11.4 Å². The molecule has 132 valence electrons. The standard InChI is InChI=1S/C22H17N3OS/c23-18-12-11-17(13-19(18)24-21(26)16-9-5-2-6-10-16)22-25-20(14-27-22)15-7-3-1-4-8-15/h1-14H,23H2,(H,24,26). The summed E-state index contributed by atoms with van der Waals surface area (Å²) in [6.45, 7) is 0. The minimum absolute atomic E-state index is 0.191. The Labute approximate surface area is 161 Å². The number of carbonyl (C=O) groups is 1. The molecule has 0 saturated carbocycles. The van der Waals surface area contributed by atoms with Gasteiger partial charge >= 0.3 is 0 Å². The van der Waals surface area contributed by atoms with Gasteiger partial charge in [0, 0.05) is 22.1 Å². The summed E-state index contributed by atoms with van der Waals surface area (Å²) in [5.41, 5.74) is 10.7. The maximum absolute atomic E-state index is 12.4. The number of rotatable bonds is 4. The lowest BCUT2D eigenvalue weighted by atomic mass is 10.1. The number of aromatic nitrogens is 1. The molecule has 1 amide bonds. The van der Waals surface area contributed by atoms with E-state index in [9.17, 15) is 4.79 Å². The second-order valence-corrected chi connectivity index (χ2v) is 6.88. The number of nitrogens with two attached hydrogens (primary N) is 1. The Balaban J connectivity index is 1.61. The molecular weight excluding hydrogens is 354 g/mol. The van der Waals surface area contributed by atoms with Gasteiger partial charge < -0.3 is 11.1 Å². The van der Waals surface area contributed by atoms with Crippen LogP contribution in [0.5, 0.6) is 0 Å². The first-order valence-electron chi connectivity index (χ1n) is 8.48. The monoisotopic (exact) mass is 371 g/mol. The third-order valence-electron chi connectivity index (χ3n) is 4.16. The fourth-order valence-corrected chi connectivity index (χ4v) is 3.56. The highest BCUT2D eigenvalue weighted by Crippen LogP contribution is 2.32. The van der Waals surface area contributed by atoms with Crippen LogP contribution in [0.2, 0.25) is 0 Å². The maximum atomic E-state index is 12.4. The number of thiazole rings is 1. The van der Waals surface area contributed by atoms with Crippen molar-refractivity contribution in [3.63, 3.8) is 0 Å². The van der Waals surface area contributed by atoms with Crippen molar-refractivity contribution >= 4 is 28.6 Å². The van der Waals surface area contributed by atoms with Crippen molar-refractivity contribution in [3.8, 4) is 21.8 Å². The molecule has 0 bridgehead atoms. The van der Waals surface area contributed by atoms with Gasteiger partial charge in [-0.15, -0.1) is 11.3 Å². The Hall–Kier alpha value is -3.44. The third kappa shape index (κ3) is 3.73. The van der Waals surface area contributed by atoms with Gasteiger partial charge in [-0.25, -0.2) is 4.98 Å². The average molecular weight is 371 g/mol. The van der Waals surface area contributed by atoms with Crippen LogP contribution in [0, 0.1) is 0 Å². The highest BCUT2D eigenvalue weighted by Gasteiger charge is 2.11.